The molecular weight excluding hydrogens is 352 g/mol. The smallest absolute Gasteiger partial charge is 0.225 e. The van der Waals surface area contributed by atoms with Crippen molar-refractivity contribution in [2.45, 2.75) is 19.9 Å². The molecule has 2 N–H and O–H groups in total. The van der Waals surface area contributed by atoms with Crippen molar-refractivity contribution in [3.05, 3.63) is 71.4 Å². The van der Waals surface area contributed by atoms with E-state index < -0.39 is 0 Å². The zero-order valence-electron chi connectivity index (χ0n) is 16.5. The molecular formula is C22H26N4O2. The van der Waals surface area contributed by atoms with Crippen molar-refractivity contribution >= 4 is 11.8 Å². The van der Waals surface area contributed by atoms with Crippen LogP contribution in [0.5, 0.6) is 11.5 Å². The molecule has 0 unspecified atom stereocenters. The van der Waals surface area contributed by atoms with Crippen LogP contribution < -0.4 is 20.1 Å². The molecule has 2 aromatic carbocycles. The molecule has 0 saturated carbocycles. The summed E-state index contributed by atoms with van der Waals surface area (Å²) >= 11 is 0. The quantitative estimate of drug-likeness (QED) is 0.585. The van der Waals surface area contributed by atoms with Crippen LogP contribution in [0.25, 0.3) is 0 Å². The number of methoxy groups -OCH3 is 2. The number of hydrogen-bond acceptors (Lipinski definition) is 6. The Labute approximate surface area is 166 Å². The summed E-state index contributed by atoms with van der Waals surface area (Å²) < 4.78 is 10.4. The Balaban J connectivity index is 1.54. The molecule has 0 aliphatic rings. The molecule has 0 amide bonds. The van der Waals surface area contributed by atoms with Gasteiger partial charge in [-0.15, -0.1) is 0 Å². The molecule has 0 fully saturated rings. The van der Waals surface area contributed by atoms with Gasteiger partial charge in [0.1, 0.15) is 17.3 Å². The van der Waals surface area contributed by atoms with Crippen LogP contribution in [0.3, 0.4) is 0 Å². The van der Waals surface area contributed by atoms with Crippen LogP contribution in [0.15, 0.2) is 54.6 Å². The van der Waals surface area contributed by atoms with Crippen LogP contribution in [0, 0.1) is 6.92 Å². The second-order valence-electron chi connectivity index (χ2n) is 6.44. The summed E-state index contributed by atoms with van der Waals surface area (Å²) in [6.45, 7) is 3.41. The Morgan fingerprint density at radius 3 is 2.00 bits per heavy atom. The first kappa shape index (κ1) is 19.5. The van der Waals surface area contributed by atoms with Gasteiger partial charge in [-0.05, 0) is 48.7 Å². The highest BCUT2D eigenvalue weighted by atomic mass is 16.5. The monoisotopic (exact) mass is 378 g/mol. The standard InChI is InChI=1S/C22H26N4O2/c1-16-14-21(23-13-12-17-4-8-19(27-2)9-5-17)26-22(25-16)24-15-18-6-10-20(28-3)11-7-18/h4-11,14H,12-13,15H2,1-3H3,(H2,23,24,25,26). The normalized spacial score (nSPS) is 10.4. The van der Waals surface area contributed by atoms with Gasteiger partial charge in [-0.1, -0.05) is 24.3 Å². The summed E-state index contributed by atoms with van der Waals surface area (Å²) in [5.74, 6) is 3.15. The topological polar surface area (TPSA) is 68.3 Å². The van der Waals surface area contributed by atoms with Crippen LogP contribution >= 0.6 is 0 Å². The third kappa shape index (κ3) is 5.61. The van der Waals surface area contributed by atoms with E-state index in [-0.39, 0.29) is 0 Å². The molecule has 0 atom stereocenters. The Bertz CT molecular complexity index is 880. The summed E-state index contributed by atoms with van der Waals surface area (Å²) in [7, 11) is 3.34. The molecule has 0 aliphatic heterocycles. The third-order valence-corrected chi connectivity index (χ3v) is 4.34. The lowest BCUT2D eigenvalue weighted by Gasteiger charge is -2.10. The fourth-order valence-electron chi connectivity index (χ4n) is 2.79. The van der Waals surface area contributed by atoms with Crippen molar-refractivity contribution < 1.29 is 9.47 Å². The highest BCUT2D eigenvalue weighted by molar-refractivity contribution is 5.43. The number of rotatable bonds is 9. The molecule has 0 bridgehead atoms. The maximum Gasteiger partial charge on any atom is 0.225 e. The molecule has 6 heteroatoms. The summed E-state index contributed by atoms with van der Waals surface area (Å²) in [6, 6.07) is 18.0. The van der Waals surface area contributed by atoms with E-state index in [1.54, 1.807) is 14.2 Å². The zero-order valence-corrected chi connectivity index (χ0v) is 16.5. The van der Waals surface area contributed by atoms with Gasteiger partial charge in [-0.3, -0.25) is 0 Å². The summed E-state index contributed by atoms with van der Waals surface area (Å²) in [5.41, 5.74) is 3.30. The molecule has 3 aromatic rings. The predicted octanol–water partition coefficient (Wildman–Crippen LogP) is 4.07. The number of nitrogens with zero attached hydrogens (tertiary/aromatic N) is 2. The molecule has 0 radical (unpaired) electrons. The van der Waals surface area contributed by atoms with E-state index in [0.29, 0.717) is 12.5 Å². The van der Waals surface area contributed by atoms with E-state index in [4.69, 9.17) is 9.47 Å². The number of ether oxygens (including phenoxy) is 2. The summed E-state index contributed by atoms with van der Waals surface area (Å²) in [6.07, 6.45) is 0.904. The van der Waals surface area contributed by atoms with E-state index in [1.165, 1.54) is 5.56 Å². The van der Waals surface area contributed by atoms with E-state index >= 15 is 0 Å². The van der Waals surface area contributed by atoms with Crippen molar-refractivity contribution in [1.82, 2.24) is 9.97 Å². The number of nitrogens with one attached hydrogen (secondary N) is 2. The first-order valence-electron chi connectivity index (χ1n) is 9.25. The fourth-order valence-corrected chi connectivity index (χ4v) is 2.79. The fraction of sp³-hybridized carbons (Fsp3) is 0.273. The minimum Gasteiger partial charge on any atom is -0.497 e. The molecule has 1 aromatic heterocycles. The van der Waals surface area contributed by atoms with Crippen molar-refractivity contribution in [2.24, 2.45) is 0 Å². The number of aryl methyl sites for hydroxylation is 1. The number of hydrogen-bond donors (Lipinski definition) is 2. The average molecular weight is 378 g/mol. The molecule has 0 aliphatic carbocycles. The Hall–Kier alpha value is -3.28. The van der Waals surface area contributed by atoms with Crippen LogP contribution in [-0.4, -0.2) is 30.7 Å². The molecule has 1 heterocycles. The van der Waals surface area contributed by atoms with Gasteiger partial charge in [-0.2, -0.15) is 4.98 Å². The van der Waals surface area contributed by atoms with Crippen molar-refractivity contribution in [3.63, 3.8) is 0 Å². The van der Waals surface area contributed by atoms with Gasteiger partial charge in [0.15, 0.2) is 0 Å². The maximum absolute atomic E-state index is 5.19. The van der Waals surface area contributed by atoms with E-state index in [9.17, 15) is 0 Å². The van der Waals surface area contributed by atoms with Crippen LogP contribution in [0.1, 0.15) is 16.8 Å². The largest absolute Gasteiger partial charge is 0.497 e. The first-order valence-corrected chi connectivity index (χ1v) is 9.25. The van der Waals surface area contributed by atoms with Gasteiger partial charge in [0, 0.05) is 24.8 Å². The minimum atomic E-state index is 0.614. The number of aromatic nitrogens is 2. The number of anilines is 2. The van der Waals surface area contributed by atoms with Crippen LogP contribution in [0.4, 0.5) is 11.8 Å². The molecule has 3 rings (SSSR count). The molecule has 0 spiro atoms. The van der Waals surface area contributed by atoms with E-state index in [0.717, 1.165) is 41.5 Å². The van der Waals surface area contributed by atoms with Crippen molar-refractivity contribution in [1.29, 1.82) is 0 Å². The lowest BCUT2D eigenvalue weighted by atomic mass is 10.1. The third-order valence-electron chi connectivity index (χ3n) is 4.34. The zero-order chi connectivity index (χ0) is 19.8. The lowest BCUT2D eigenvalue weighted by molar-refractivity contribution is 0.414. The second kappa shape index (κ2) is 9.60. The van der Waals surface area contributed by atoms with Crippen LogP contribution in [-0.2, 0) is 13.0 Å². The number of benzene rings is 2. The van der Waals surface area contributed by atoms with Gasteiger partial charge in [0.05, 0.1) is 14.2 Å². The predicted molar refractivity (Wildman–Crippen MR) is 112 cm³/mol. The van der Waals surface area contributed by atoms with Crippen molar-refractivity contribution in [2.75, 3.05) is 31.4 Å². The van der Waals surface area contributed by atoms with E-state index in [1.807, 2.05) is 49.4 Å². The Morgan fingerprint density at radius 2 is 1.39 bits per heavy atom. The highest BCUT2D eigenvalue weighted by Gasteiger charge is 2.03. The van der Waals surface area contributed by atoms with Gasteiger partial charge in [-0.25, -0.2) is 4.98 Å². The van der Waals surface area contributed by atoms with Crippen LogP contribution in [0.2, 0.25) is 0 Å². The summed E-state index contributed by atoms with van der Waals surface area (Å²) in [5, 5.41) is 6.66. The lowest BCUT2D eigenvalue weighted by Crippen LogP contribution is -2.10. The Morgan fingerprint density at radius 1 is 0.786 bits per heavy atom. The van der Waals surface area contributed by atoms with Gasteiger partial charge in [0.2, 0.25) is 5.95 Å². The maximum atomic E-state index is 5.19. The minimum absolute atomic E-state index is 0.614. The van der Waals surface area contributed by atoms with E-state index in [2.05, 4.69) is 32.7 Å². The molecule has 6 nitrogen and oxygen atoms in total. The van der Waals surface area contributed by atoms with Gasteiger partial charge < -0.3 is 20.1 Å². The average Bonchev–Trinajstić information content (AvgIpc) is 2.73. The first-order chi connectivity index (χ1) is 13.7. The Kier molecular flexibility index (Phi) is 6.68. The molecule has 28 heavy (non-hydrogen) atoms. The highest BCUT2D eigenvalue weighted by Crippen LogP contribution is 2.15. The van der Waals surface area contributed by atoms with Gasteiger partial charge >= 0.3 is 0 Å². The second-order valence-corrected chi connectivity index (χ2v) is 6.44. The van der Waals surface area contributed by atoms with Gasteiger partial charge in [0.25, 0.3) is 0 Å². The SMILES string of the molecule is COc1ccc(CCNc2cc(C)nc(NCc3ccc(OC)cc3)n2)cc1. The summed E-state index contributed by atoms with van der Waals surface area (Å²) in [4.78, 5) is 9.03. The molecule has 0 saturated heterocycles. The van der Waals surface area contributed by atoms with Crippen molar-refractivity contribution in [3.8, 4) is 11.5 Å². The molecule has 146 valence electrons.